The fraction of sp³-hybridized carbons (Fsp3) is 0.0500. The molecule has 31 heavy (non-hydrogen) atoms. The zero-order chi connectivity index (χ0) is 22.6. The molecule has 0 amide bonds. The van der Waals surface area contributed by atoms with Gasteiger partial charge >= 0.3 is 0 Å². The first kappa shape index (κ1) is 22.7. The molecule has 0 heterocycles. The van der Waals surface area contributed by atoms with Gasteiger partial charge in [0.05, 0.1) is 27.0 Å². The first-order valence-electron chi connectivity index (χ1n) is 8.80. The number of para-hydroxylation sites is 1. The maximum absolute atomic E-state index is 13.0. The number of nitrogens with zero attached hydrogens (tertiary/aromatic N) is 2. The first-order chi connectivity index (χ1) is 14.7. The van der Waals surface area contributed by atoms with Crippen molar-refractivity contribution in [2.24, 2.45) is 5.10 Å². The monoisotopic (exact) mass is 522 g/mol. The van der Waals surface area contributed by atoms with Crippen molar-refractivity contribution in [1.82, 2.24) is 0 Å². The summed E-state index contributed by atoms with van der Waals surface area (Å²) in [5.74, 6) is 0. The topological polar surface area (TPSA) is 114 Å². The van der Waals surface area contributed by atoms with Crippen LogP contribution in [0.5, 0.6) is 0 Å². The minimum absolute atomic E-state index is 0.0663. The Morgan fingerprint density at radius 1 is 1.06 bits per heavy atom. The summed E-state index contributed by atoms with van der Waals surface area (Å²) in [6, 6.07) is 17.1. The van der Waals surface area contributed by atoms with Crippen molar-refractivity contribution >= 4 is 60.3 Å². The predicted octanol–water partition coefficient (Wildman–Crippen LogP) is 5.65. The third-order valence-electron chi connectivity index (χ3n) is 4.19. The number of non-ortho nitro benzene ring substituents is 1. The standard InChI is InChI=1S/C20H16BrClN4O4S/c1-13(15-6-2-3-7-16(15)21)23-24-19-11-10-14(26(27)28)12-20(19)31(29,30)25-18-9-5-4-8-17(18)22/h2-12,24-25H,1H3. The predicted molar refractivity (Wildman–Crippen MR) is 125 cm³/mol. The van der Waals surface area contributed by atoms with Gasteiger partial charge in [-0.15, -0.1) is 0 Å². The van der Waals surface area contributed by atoms with E-state index >= 15 is 0 Å². The number of anilines is 2. The molecule has 0 atom stereocenters. The number of nitro benzene ring substituents is 1. The second-order valence-corrected chi connectivity index (χ2v) is 9.22. The highest BCUT2D eigenvalue weighted by Crippen LogP contribution is 2.30. The van der Waals surface area contributed by atoms with Gasteiger partial charge < -0.3 is 0 Å². The van der Waals surface area contributed by atoms with Crippen LogP contribution in [-0.2, 0) is 10.0 Å². The Hall–Kier alpha value is -2.95. The van der Waals surface area contributed by atoms with Gasteiger partial charge in [0.1, 0.15) is 4.90 Å². The Morgan fingerprint density at radius 2 is 1.74 bits per heavy atom. The number of benzene rings is 3. The van der Waals surface area contributed by atoms with E-state index in [0.717, 1.165) is 16.1 Å². The first-order valence-corrected chi connectivity index (χ1v) is 11.5. The average Bonchev–Trinajstić information content (AvgIpc) is 2.73. The van der Waals surface area contributed by atoms with Gasteiger partial charge in [0, 0.05) is 22.2 Å². The molecule has 0 saturated carbocycles. The number of nitro groups is 1. The summed E-state index contributed by atoms with van der Waals surface area (Å²) in [6.07, 6.45) is 0. The van der Waals surface area contributed by atoms with Gasteiger partial charge in [0.25, 0.3) is 15.7 Å². The van der Waals surface area contributed by atoms with Crippen LogP contribution in [0.25, 0.3) is 0 Å². The fourth-order valence-electron chi connectivity index (χ4n) is 2.64. The molecule has 0 aliphatic rings. The molecule has 11 heteroatoms. The van der Waals surface area contributed by atoms with Crippen molar-refractivity contribution in [3.05, 3.63) is 91.9 Å². The lowest BCUT2D eigenvalue weighted by atomic mass is 10.1. The van der Waals surface area contributed by atoms with Crippen molar-refractivity contribution in [1.29, 1.82) is 0 Å². The zero-order valence-electron chi connectivity index (χ0n) is 16.0. The van der Waals surface area contributed by atoms with Crippen molar-refractivity contribution in [2.75, 3.05) is 10.1 Å². The lowest BCUT2D eigenvalue weighted by molar-refractivity contribution is -0.385. The summed E-state index contributed by atoms with van der Waals surface area (Å²) < 4.78 is 29.2. The lowest BCUT2D eigenvalue weighted by Gasteiger charge is -2.13. The van der Waals surface area contributed by atoms with Crippen LogP contribution in [0.15, 0.2) is 81.2 Å². The van der Waals surface area contributed by atoms with E-state index in [1.165, 1.54) is 24.3 Å². The number of halogens is 2. The van der Waals surface area contributed by atoms with Crippen LogP contribution in [-0.4, -0.2) is 19.1 Å². The number of hydrogen-bond acceptors (Lipinski definition) is 6. The van der Waals surface area contributed by atoms with Crippen LogP contribution < -0.4 is 10.1 Å². The summed E-state index contributed by atoms with van der Waals surface area (Å²) in [7, 11) is -4.22. The molecular formula is C20H16BrClN4O4S. The molecule has 0 fully saturated rings. The van der Waals surface area contributed by atoms with E-state index in [4.69, 9.17) is 11.6 Å². The van der Waals surface area contributed by atoms with Gasteiger partial charge in [-0.2, -0.15) is 5.10 Å². The maximum Gasteiger partial charge on any atom is 0.270 e. The quantitative estimate of drug-likeness (QED) is 0.236. The van der Waals surface area contributed by atoms with Gasteiger partial charge in [0.2, 0.25) is 0 Å². The van der Waals surface area contributed by atoms with Crippen LogP contribution in [0, 0.1) is 10.1 Å². The lowest BCUT2D eigenvalue weighted by Crippen LogP contribution is -2.15. The second-order valence-electron chi connectivity index (χ2n) is 6.31. The van der Waals surface area contributed by atoms with Crippen LogP contribution in [0.4, 0.5) is 17.1 Å². The number of rotatable bonds is 7. The Kier molecular flexibility index (Phi) is 6.94. The van der Waals surface area contributed by atoms with E-state index in [0.29, 0.717) is 5.71 Å². The second kappa shape index (κ2) is 9.46. The summed E-state index contributed by atoms with van der Waals surface area (Å²) in [5, 5.41) is 15.6. The molecule has 0 spiro atoms. The molecule has 0 aliphatic heterocycles. The van der Waals surface area contributed by atoms with Gasteiger partial charge in [-0.05, 0) is 31.2 Å². The van der Waals surface area contributed by atoms with Crippen LogP contribution >= 0.6 is 27.5 Å². The third kappa shape index (κ3) is 5.40. The fourth-order valence-corrected chi connectivity index (χ4v) is 4.71. The Bertz CT molecular complexity index is 1280. The van der Waals surface area contributed by atoms with E-state index in [1.54, 1.807) is 19.1 Å². The molecule has 0 radical (unpaired) electrons. The highest BCUT2D eigenvalue weighted by Gasteiger charge is 2.23. The molecule has 8 nitrogen and oxygen atoms in total. The Morgan fingerprint density at radius 3 is 2.42 bits per heavy atom. The highest BCUT2D eigenvalue weighted by molar-refractivity contribution is 9.10. The molecule has 0 aromatic heterocycles. The van der Waals surface area contributed by atoms with E-state index in [9.17, 15) is 18.5 Å². The molecule has 3 rings (SSSR count). The van der Waals surface area contributed by atoms with E-state index in [-0.39, 0.29) is 27.0 Å². The van der Waals surface area contributed by atoms with E-state index in [2.05, 4.69) is 31.2 Å². The summed E-state index contributed by atoms with van der Waals surface area (Å²) in [4.78, 5) is 10.2. The molecule has 0 unspecified atom stereocenters. The normalized spacial score (nSPS) is 11.8. The van der Waals surface area contributed by atoms with Gasteiger partial charge in [-0.25, -0.2) is 8.42 Å². The summed E-state index contributed by atoms with van der Waals surface area (Å²) in [5.41, 5.74) is 3.92. The van der Waals surface area contributed by atoms with Crippen LogP contribution in [0.3, 0.4) is 0 Å². The summed E-state index contributed by atoms with van der Waals surface area (Å²) >= 11 is 9.48. The Labute approximate surface area is 192 Å². The Balaban J connectivity index is 2.02. The molecule has 3 aromatic rings. The van der Waals surface area contributed by atoms with Gasteiger partial charge in [0.15, 0.2) is 0 Å². The van der Waals surface area contributed by atoms with Crippen molar-refractivity contribution in [3.63, 3.8) is 0 Å². The molecular weight excluding hydrogens is 508 g/mol. The largest absolute Gasteiger partial charge is 0.278 e. The number of hydrogen-bond donors (Lipinski definition) is 2. The molecule has 160 valence electrons. The van der Waals surface area contributed by atoms with Crippen molar-refractivity contribution in [3.8, 4) is 0 Å². The third-order valence-corrected chi connectivity index (χ3v) is 6.62. The van der Waals surface area contributed by atoms with Gasteiger partial charge in [-0.1, -0.05) is 57.9 Å². The van der Waals surface area contributed by atoms with E-state index < -0.39 is 14.9 Å². The number of nitrogens with one attached hydrogen (secondary N) is 2. The molecule has 0 bridgehead atoms. The van der Waals surface area contributed by atoms with Crippen LogP contribution in [0.1, 0.15) is 12.5 Å². The smallest absolute Gasteiger partial charge is 0.270 e. The number of hydrazone groups is 1. The highest BCUT2D eigenvalue weighted by atomic mass is 79.9. The molecule has 3 aromatic carbocycles. The summed E-state index contributed by atoms with van der Waals surface area (Å²) in [6.45, 7) is 1.74. The van der Waals surface area contributed by atoms with Crippen molar-refractivity contribution in [2.45, 2.75) is 11.8 Å². The van der Waals surface area contributed by atoms with Crippen LogP contribution in [0.2, 0.25) is 5.02 Å². The van der Waals surface area contributed by atoms with Gasteiger partial charge in [-0.3, -0.25) is 20.3 Å². The average molecular weight is 524 g/mol. The van der Waals surface area contributed by atoms with Crippen molar-refractivity contribution < 1.29 is 13.3 Å². The minimum Gasteiger partial charge on any atom is -0.278 e. The molecule has 2 N–H and O–H groups in total. The number of sulfonamides is 1. The maximum atomic E-state index is 13.0. The van der Waals surface area contributed by atoms with E-state index in [1.807, 2.05) is 24.3 Å². The molecule has 0 aliphatic carbocycles. The zero-order valence-corrected chi connectivity index (χ0v) is 19.2. The molecule has 0 saturated heterocycles. The minimum atomic E-state index is -4.22. The SMILES string of the molecule is CC(=NNc1ccc([N+](=O)[O-])cc1S(=O)(=O)Nc1ccccc1Cl)c1ccccc1Br.